The van der Waals surface area contributed by atoms with Gasteiger partial charge in [0.25, 0.3) is 0 Å². The largest absolute Gasteiger partial charge is 0.307 e. The lowest BCUT2D eigenvalue weighted by Crippen LogP contribution is -2.33. The summed E-state index contributed by atoms with van der Waals surface area (Å²) in [6, 6.07) is 6.76. The van der Waals surface area contributed by atoms with Gasteiger partial charge in [-0.2, -0.15) is 11.8 Å². The van der Waals surface area contributed by atoms with E-state index in [1.54, 1.807) is 0 Å². The molecule has 0 bridgehead atoms. The molecule has 0 radical (unpaired) electrons. The van der Waals surface area contributed by atoms with Crippen LogP contribution in [0.3, 0.4) is 0 Å². The van der Waals surface area contributed by atoms with E-state index in [-0.39, 0.29) is 0 Å². The van der Waals surface area contributed by atoms with Crippen LogP contribution in [0.1, 0.15) is 18.5 Å². The molecule has 1 aliphatic heterocycles. The number of imidazole rings is 1. The fourth-order valence-corrected chi connectivity index (χ4v) is 3.33. The first-order valence-electron chi connectivity index (χ1n) is 6.15. The van der Waals surface area contributed by atoms with Gasteiger partial charge in [-0.05, 0) is 30.7 Å². The highest BCUT2D eigenvalue weighted by Gasteiger charge is 2.13. The van der Waals surface area contributed by atoms with E-state index >= 15 is 0 Å². The van der Waals surface area contributed by atoms with Crippen LogP contribution in [0.2, 0.25) is 0 Å². The summed E-state index contributed by atoms with van der Waals surface area (Å²) in [6.45, 7) is 0.882. The van der Waals surface area contributed by atoms with Crippen molar-refractivity contribution in [1.82, 2.24) is 14.7 Å². The van der Waals surface area contributed by atoms with E-state index in [0.717, 1.165) is 17.9 Å². The number of nitrogens with one attached hydrogen (secondary N) is 1. The molecular formula is C13H17N3S. The molecule has 0 spiro atoms. The van der Waals surface area contributed by atoms with Gasteiger partial charge >= 0.3 is 0 Å². The zero-order valence-electron chi connectivity index (χ0n) is 9.80. The average molecular weight is 247 g/mol. The molecule has 17 heavy (non-hydrogen) atoms. The van der Waals surface area contributed by atoms with Gasteiger partial charge in [0.05, 0.1) is 5.69 Å². The quantitative estimate of drug-likeness (QED) is 0.902. The van der Waals surface area contributed by atoms with Gasteiger partial charge in [0.1, 0.15) is 5.65 Å². The molecule has 2 aromatic heterocycles. The molecule has 3 heterocycles. The summed E-state index contributed by atoms with van der Waals surface area (Å²) in [6.07, 6.45) is 6.80. The van der Waals surface area contributed by atoms with Crippen LogP contribution in [0.4, 0.5) is 0 Å². The monoisotopic (exact) mass is 247 g/mol. The minimum atomic E-state index is 0.665. The van der Waals surface area contributed by atoms with Crippen molar-refractivity contribution < 1.29 is 0 Å². The van der Waals surface area contributed by atoms with Crippen molar-refractivity contribution >= 4 is 17.4 Å². The summed E-state index contributed by atoms with van der Waals surface area (Å²) in [7, 11) is 0. The highest BCUT2D eigenvalue weighted by molar-refractivity contribution is 7.99. The average Bonchev–Trinajstić information content (AvgIpc) is 2.80. The van der Waals surface area contributed by atoms with Gasteiger partial charge in [-0.15, -0.1) is 0 Å². The van der Waals surface area contributed by atoms with Gasteiger partial charge < -0.3 is 9.72 Å². The van der Waals surface area contributed by atoms with E-state index < -0.39 is 0 Å². The van der Waals surface area contributed by atoms with Crippen LogP contribution in [0.15, 0.2) is 30.6 Å². The second-order valence-electron chi connectivity index (χ2n) is 4.49. The Labute approximate surface area is 106 Å². The first kappa shape index (κ1) is 11.1. The minimum Gasteiger partial charge on any atom is -0.307 e. The fraction of sp³-hybridized carbons (Fsp3) is 0.462. The maximum absolute atomic E-state index is 4.59. The molecule has 4 heteroatoms. The Morgan fingerprint density at radius 1 is 1.47 bits per heavy atom. The molecular weight excluding hydrogens is 230 g/mol. The van der Waals surface area contributed by atoms with Gasteiger partial charge in [-0.1, -0.05) is 6.07 Å². The van der Waals surface area contributed by atoms with E-state index in [2.05, 4.69) is 32.7 Å². The number of thioether (sulfide) groups is 1. The van der Waals surface area contributed by atoms with Crippen LogP contribution in [0.25, 0.3) is 5.65 Å². The standard InChI is InChI=1S/C13H17N3S/c1-2-6-16-9-12(15-13(16)5-1)8-14-11-4-3-7-17-10-11/h1-2,5-6,9,11,14H,3-4,7-8,10H2. The molecule has 0 saturated carbocycles. The number of nitrogens with zero attached hydrogens (tertiary/aromatic N) is 2. The van der Waals surface area contributed by atoms with Crippen molar-refractivity contribution in [1.29, 1.82) is 0 Å². The predicted octanol–water partition coefficient (Wildman–Crippen LogP) is 2.32. The molecule has 0 aliphatic carbocycles. The van der Waals surface area contributed by atoms with Gasteiger partial charge in [0.2, 0.25) is 0 Å². The van der Waals surface area contributed by atoms with Crippen molar-refractivity contribution in [2.45, 2.75) is 25.4 Å². The van der Waals surface area contributed by atoms with E-state index in [0.29, 0.717) is 6.04 Å². The van der Waals surface area contributed by atoms with Gasteiger partial charge in [-0.3, -0.25) is 0 Å². The van der Waals surface area contributed by atoms with Gasteiger partial charge in [0.15, 0.2) is 0 Å². The zero-order valence-corrected chi connectivity index (χ0v) is 10.6. The van der Waals surface area contributed by atoms with E-state index in [1.807, 2.05) is 24.4 Å². The molecule has 1 N–H and O–H groups in total. The van der Waals surface area contributed by atoms with Gasteiger partial charge in [-0.25, -0.2) is 4.98 Å². The zero-order chi connectivity index (χ0) is 11.5. The molecule has 1 unspecified atom stereocenters. The Bertz CT molecular complexity index is 455. The summed E-state index contributed by atoms with van der Waals surface area (Å²) < 4.78 is 2.08. The van der Waals surface area contributed by atoms with E-state index in [4.69, 9.17) is 0 Å². The summed E-state index contributed by atoms with van der Waals surface area (Å²) in [5, 5.41) is 3.60. The van der Waals surface area contributed by atoms with E-state index in [1.165, 1.54) is 24.3 Å². The van der Waals surface area contributed by atoms with Crippen LogP contribution in [-0.4, -0.2) is 26.9 Å². The Morgan fingerprint density at radius 3 is 3.29 bits per heavy atom. The molecule has 2 aromatic rings. The van der Waals surface area contributed by atoms with Gasteiger partial charge in [0, 0.05) is 30.7 Å². The lowest BCUT2D eigenvalue weighted by atomic mass is 10.2. The SMILES string of the molecule is c1ccn2cc(CNC3CCCSC3)nc2c1. The van der Waals surface area contributed by atoms with E-state index in [9.17, 15) is 0 Å². The molecule has 90 valence electrons. The van der Waals surface area contributed by atoms with Crippen LogP contribution < -0.4 is 5.32 Å². The third-order valence-electron chi connectivity index (χ3n) is 3.15. The van der Waals surface area contributed by atoms with Crippen LogP contribution >= 0.6 is 11.8 Å². The molecule has 0 amide bonds. The molecule has 1 aliphatic rings. The maximum Gasteiger partial charge on any atom is 0.137 e. The lowest BCUT2D eigenvalue weighted by Gasteiger charge is -2.21. The van der Waals surface area contributed by atoms with Crippen molar-refractivity contribution in [3.8, 4) is 0 Å². The summed E-state index contributed by atoms with van der Waals surface area (Å²) >= 11 is 2.06. The lowest BCUT2D eigenvalue weighted by molar-refractivity contribution is 0.504. The molecule has 3 rings (SSSR count). The third-order valence-corrected chi connectivity index (χ3v) is 4.36. The smallest absolute Gasteiger partial charge is 0.137 e. The highest BCUT2D eigenvalue weighted by atomic mass is 32.2. The van der Waals surface area contributed by atoms with Crippen molar-refractivity contribution in [2.24, 2.45) is 0 Å². The highest BCUT2D eigenvalue weighted by Crippen LogP contribution is 2.17. The summed E-state index contributed by atoms with van der Waals surface area (Å²) in [5.74, 6) is 2.57. The Kier molecular flexibility index (Phi) is 3.34. The molecule has 1 fully saturated rings. The number of fused-ring (bicyclic) bond motifs is 1. The third kappa shape index (κ3) is 2.64. The van der Waals surface area contributed by atoms with Crippen molar-refractivity contribution in [3.63, 3.8) is 0 Å². The number of hydrogen-bond donors (Lipinski definition) is 1. The number of hydrogen-bond acceptors (Lipinski definition) is 3. The summed E-state index contributed by atoms with van der Waals surface area (Å²) in [4.78, 5) is 4.59. The Hall–Kier alpha value is -1.00. The first-order chi connectivity index (χ1) is 8.42. The van der Waals surface area contributed by atoms with Crippen LogP contribution in [0, 0.1) is 0 Å². The molecule has 1 saturated heterocycles. The topological polar surface area (TPSA) is 29.3 Å². The molecule has 3 nitrogen and oxygen atoms in total. The summed E-state index contributed by atoms with van der Waals surface area (Å²) in [5.41, 5.74) is 2.16. The Morgan fingerprint density at radius 2 is 2.47 bits per heavy atom. The molecule has 0 aromatic carbocycles. The molecule has 1 atom stereocenters. The van der Waals surface area contributed by atoms with Crippen LogP contribution in [-0.2, 0) is 6.54 Å². The first-order valence-corrected chi connectivity index (χ1v) is 7.31. The van der Waals surface area contributed by atoms with Crippen molar-refractivity contribution in [3.05, 3.63) is 36.3 Å². The normalized spacial score (nSPS) is 20.8. The number of rotatable bonds is 3. The Balaban J connectivity index is 1.64. The number of aromatic nitrogens is 2. The number of pyridine rings is 1. The second kappa shape index (κ2) is 5.10. The fourth-order valence-electron chi connectivity index (χ4n) is 2.22. The maximum atomic E-state index is 4.59. The van der Waals surface area contributed by atoms with Crippen molar-refractivity contribution in [2.75, 3.05) is 11.5 Å². The van der Waals surface area contributed by atoms with Crippen LogP contribution in [0.5, 0.6) is 0 Å². The second-order valence-corrected chi connectivity index (χ2v) is 5.64. The minimum absolute atomic E-state index is 0.665. The predicted molar refractivity (Wildman–Crippen MR) is 72.4 cm³/mol.